The van der Waals surface area contributed by atoms with Crippen LogP contribution in [0.15, 0.2) is 18.2 Å². The highest BCUT2D eigenvalue weighted by atomic mass is 16.6. The molecule has 1 aromatic carbocycles. The third-order valence-electron chi connectivity index (χ3n) is 4.45. The third-order valence-corrected chi connectivity index (χ3v) is 4.45. The first-order valence-corrected chi connectivity index (χ1v) is 6.62. The monoisotopic (exact) mass is 245 g/mol. The summed E-state index contributed by atoms with van der Waals surface area (Å²) in [4.78, 5) is 11.5. The summed E-state index contributed by atoms with van der Waals surface area (Å²) in [5.74, 6) is 0.729. The maximum atomic E-state index is 11.5. The highest BCUT2D eigenvalue weighted by molar-refractivity contribution is 5.76. The van der Waals surface area contributed by atoms with Crippen molar-refractivity contribution in [3.8, 4) is 5.75 Å². The minimum absolute atomic E-state index is 0.134. The van der Waals surface area contributed by atoms with Crippen LogP contribution in [0.4, 0.5) is 4.79 Å². The van der Waals surface area contributed by atoms with Gasteiger partial charge in [0.2, 0.25) is 0 Å². The van der Waals surface area contributed by atoms with Crippen LogP contribution in [0.3, 0.4) is 0 Å². The molecule has 0 saturated heterocycles. The number of nitrogens with one attached hydrogen (secondary N) is 1. The van der Waals surface area contributed by atoms with E-state index in [4.69, 9.17) is 4.74 Å². The predicted molar refractivity (Wildman–Crippen MR) is 69.8 cm³/mol. The molecule has 0 radical (unpaired) electrons. The summed E-state index contributed by atoms with van der Waals surface area (Å²) in [5.41, 5.74) is 2.49. The smallest absolute Gasteiger partial charge is 0.410 e. The maximum Gasteiger partial charge on any atom is 0.413 e. The van der Waals surface area contributed by atoms with Gasteiger partial charge in [-0.05, 0) is 42.4 Å². The molecule has 1 spiro atoms. The topological polar surface area (TPSA) is 38.3 Å². The Morgan fingerprint density at radius 3 is 2.72 bits per heavy atom. The average molecular weight is 245 g/mol. The molecule has 1 aromatic rings. The standard InChI is InChI=1S/C15H19NO2/c1-4-14(2,3)10-5-6-12-11(9-10)15(7-8-15)16-13(17)18-12/h5-6,9H,4,7-8H2,1-3H3,(H,16,17). The van der Waals surface area contributed by atoms with Crippen LogP contribution in [0.2, 0.25) is 0 Å². The Morgan fingerprint density at radius 1 is 1.39 bits per heavy atom. The summed E-state index contributed by atoms with van der Waals surface area (Å²) >= 11 is 0. The van der Waals surface area contributed by atoms with E-state index in [1.165, 1.54) is 5.56 Å². The van der Waals surface area contributed by atoms with Crippen LogP contribution in [0.5, 0.6) is 5.75 Å². The molecule has 3 rings (SSSR count). The highest BCUT2D eigenvalue weighted by Crippen LogP contribution is 2.51. The van der Waals surface area contributed by atoms with Gasteiger partial charge in [-0.25, -0.2) is 4.79 Å². The van der Waals surface area contributed by atoms with E-state index in [9.17, 15) is 4.79 Å². The van der Waals surface area contributed by atoms with Gasteiger partial charge in [-0.1, -0.05) is 26.8 Å². The summed E-state index contributed by atoms with van der Waals surface area (Å²) in [6.07, 6.45) is 2.81. The van der Waals surface area contributed by atoms with Gasteiger partial charge in [0.25, 0.3) is 0 Å². The second-order valence-corrected chi connectivity index (χ2v) is 6.05. The van der Waals surface area contributed by atoms with Gasteiger partial charge in [0, 0.05) is 5.56 Å². The molecule has 1 aliphatic carbocycles. The molecule has 2 aliphatic rings. The second-order valence-electron chi connectivity index (χ2n) is 6.05. The molecule has 1 heterocycles. The zero-order valence-electron chi connectivity index (χ0n) is 11.2. The first kappa shape index (κ1) is 11.6. The number of ether oxygens (including phenoxy) is 1. The number of hydrogen-bond acceptors (Lipinski definition) is 2. The SMILES string of the molecule is CCC(C)(C)c1ccc2c(c1)C1(CC1)NC(=O)O2. The summed E-state index contributed by atoms with van der Waals surface area (Å²) in [6.45, 7) is 6.69. The molecule has 1 amide bonds. The van der Waals surface area contributed by atoms with Gasteiger partial charge in [-0.15, -0.1) is 0 Å². The van der Waals surface area contributed by atoms with Crippen molar-refractivity contribution in [2.24, 2.45) is 0 Å². The van der Waals surface area contributed by atoms with Gasteiger partial charge in [0.1, 0.15) is 5.75 Å². The van der Waals surface area contributed by atoms with E-state index in [-0.39, 0.29) is 17.0 Å². The number of benzene rings is 1. The van der Waals surface area contributed by atoms with Gasteiger partial charge in [-0.3, -0.25) is 0 Å². The van der Waals surface area contributed by atoms with Crippen molar-refractivity contribution >= 4 is 6.09 Å². The average Bonchev–Trinajstić information content (AvgIpc) is 3.09. The van der Waals surface area contributed by atoms with Crippen molar-refractivity contribution in [3.63, 3.8) is 0 Å². The first-order chi connectivity index (χ1) is 8.47. The first-order valence-electron chi connectivity index (χ1n) is 6.62. The number of hydrogen-bond donors (Lipinski definition) is 1. The maximum absolute atomic E-state index is 11.5. The lowest BCUT2D eigenvalue weighted by Gasteiger charge is -2.30. The lowest BCUT2D eigenvalue weighted by molar-refractivity contribution is 0.186. The van der Waals surface area contributed by atoms with E-state index in [1.54, 1.807) is 0 Å². The molecule has 0 aromatic heterocycles. The van der Waals surface area contributed by atoms with Crippen LogP contribution in [-0.4, -0.2) is 6.09 Å². The molecule has 0 atom stereocenters. The number of carbonyl (C=O) groups excluding carboxylic acids is 1. The Labute approximate surface area is 108 Å². The minimum atomic E-state index is -0.317. The van der Waals surface area contributed by atoms with E-state index in [1.807, 2.05) is 6.07 Å². The predicted octanol–water partition coefficient (Wildman–Crippen LogP) is 3.47. The van der Waals surface area contributed by atoms with Crippen molar-refractivity contribution in [1.82, 2.24) is 5.32 Å². The van der Waals surface area contributed by atoms with Crippen molar-refractivity contribution in [1.29, 1.82) is 0 Å². The zero-order chi connectivity index (χ0) is 13.0. The van der Waals surface area contributed by atoms with Gasteiger partial charge in [0.05, 0.1) is 5.54 Å². The molecule has 0 unspecified atom stereocenters. The Balaban J connectivity index is 2.08. The summed E-state index contributed by atoms with van der Waals surface area (Å²) in [6, 6.07) is 6.24. The van der Waals surface area contributed by atoms with Crippen molar-refractivity contribution in [3.05, 3.63) is 29.3 Å². The van der Waals surface area contributed by atoms with Crippen LogP contribution in [0.1, 0.15) is 51.2 Å². The molecule has 18 heavy (non-hydrogen) atoms. The quantitative estimate of drug-likeness (QED) is 0.866. The molecule has 1 N–H and O–H groups in total. The van der Waals surface area contributed by atoms with E-state index < -0.39 is 0 Å². The molecular formula is C15H19NO2. The van der Waals surface area contributed by atoms with Crippen LogP contribution in [-0.2, 0) is 11.0 Å². The number of amides is 1. The van der Waals surface area contributed by atoms with Crippen LogP contribution >= 0.6 is 0 Å². The number of rotatable bonds is 2. The summed E-state index contributed by atoms with van der Waals surface area (Å²) < 4.78 is 5.26. The van der Waals surface area contributed by atoms with Gasteiger partial charge in [0.15, 0.2) is 0 Å². The van der Waals surface area contributed by atoms with Crippen molar-refractivity contribution < 1.29 is 9.53 Å². The fraction of sp³-hybridized carbons (Fsp3) is 0.533. The van der Waals surface area contributed by atoms with Crippen LogP contribution < -0.4 is 10.1 Å². The number of carbonyl (C=O) groups is 1. The lowest BCUT2D eigenvalue weighted by Crippen LogP contribution is -2.41. The fourth-order valence-electron chi connectivity index (χ4n) is 2.53. The Kier molecular flexibility index (Phi) is 2.25. The fourth-order valence-corrected chi connectivity index (χ4v) is 2.53. The van der Waals surface area contributed by atoms with Gasteiger partial charge < -0.3 is 10.1 Å². The normalized spacial score (nSPS) is 20.1. The molecule has 1 saturated carbocycles. The Bertz CT molecular complexity index is 515. The second kappa shape index (κ2) is 3.50. The molecule has 3 heteroatoms. The highest BCUT2D eigenvalue weighted by Gasteiger charge is 2.50. The van der Waals surface area contributed by atoms with Crippen molar-refractivity contribution in [2.45, 2.75) is 51.0 Å². The lowest BCUT2D eigenvalue weighted by atomic mass is 9.80. The van der Waals surface area contributed by atoms with Crippen LogP contribution in [0, 0.1) is 0 Å². The van der Waals surface area contributed by atoms with E-state index >= 15 is 0 Å². The number of fused-ring (bicyclic) bond motifs is 2. The largest absolute Gasteiger partial charge is 0.413 e. The Hall–Kier alpha value is -1.51. The summed E-state index contributed by atoms with van der Waals surface area (Å²) in [7, 11) is 0. The molecule has 96 valence electrons. The van der Waals surface area contributed by atoms with E-state index in [2.05, 4.69) is 38.2 Å². The molecule has 1 fully saturated rings. The molecular weight excluding hydrogens is 226 g/mol. The van der Waals surface area contributed by atoms with Crippen LogP contribution in [0.25, 0.3) is 0 Å². The zero-order valence-corrected chi connectivity index (χ0v) is 11.2. The van der Waals surface area contributed by atoms with Gasteiger partial charge in [-0.2, -0.15) is 0 Å². The molecule has 0 bridgehead atoms. The third kappa shape index (κ3) is 1.61. The molecule has 1 aliphatic heterocycles. The van der Waals surface area contributed by atoms with Gasteiger partial charge >= 0.3 is 6.09 Å². The van der Waals surface area contributed by atoms with E-state index in [0.29, 0.717) is 0 Å². The minimum Gasteiger partial charge on any atom is -0.410 e. The molecule has 3 nitrogen and oxygen atoms in total. The van der Waals surface area contributed by atoms with E-state index in [0.717, 1.165) is 30.6 Å². The Morgan fingerprint density at radius 2 is 2.11 bits per heavy atom. The van der Waals surface area contributed by atoms with Crippen molar-refractivity contribution in [2.75, 3.05) is 0 Å². The summed E-state index contributed by atoms with van der Waals surface area (Å²) in [5, 5.41) is 2.96.